The molecule has 72 valence electrons. The molecule has 0 radical (unpaired) electrons. The molecule has 0 bridgehead atoms. The number of nitriles is 1. The van der Waals surface area contributed by atoms with Crippen molar-refractivity contribution in [3.05, 3.63) is 11.3 Å². The van der Waals surface area contributed by atoms with E-state index in [9.17, 15) is 4.79 Å². The number of rotatable bonds is 5. The highest BCUT2D eigenvalue weighted by Crippen LogP contribution is 2.13. The van der Waals surface area contributed by atoms with Gasteiger partial charge < -0.3 is 9.84 Å². The highest BCUT2D eigenvalue weighted by molar-refractivity contribution is 5.91. The van der Waals surface area contributed by atoms with E-state index in [1.807, 2.05) is 6.92 Å². The second-order valence-electron chi connectivity index (χ2n) is 2.52. The van der Waals surface area contributed by atoms with Gasteiger partial charge in [0, 0.05) is 6.42 Å². The lowest BCUT2D eigenvalue weighted by atomic mass is 10.1. The summed E-state index contributed by atoms with van der Waals surface area (Å²) in [5.74, 6) is -0.965. The molecular weight excluding hydrogens is 170 g/mol. The molecule has 0 atom stereocenters. The summed E-state index contributed by atoms with van der Waals surface area (Å²) >= 11 is 0. The van der Waals surface area contributed by atoms with Crippen molar-refractivity contribution < 1.29 is 14.6 Å². The third-order valence-electron chi connectivity index (χ3n) is 1.61. The van der Waals surface area contributed by atoms with E-state index in [2.05, 4.69) is 0 Å². The molecule has 0 fully saturated rings. The summed E-state index contributed by atoms with van der Waals surface area (Å²) in [4.78, 5) is 10.5. The molecule has 0 saturated carbocycles. The molecule has 0 saturated heterocycles. The topological polar surface area (TPSA) is 70.3 Å². The Balaban J connectivity index is 4.65. The first-order valence-electron chi connectivity index (χ1n) is 4.07. The van der Waals surface area contributed by atoms with Gasteiger partial charge in [0.05, 0.1) is 7.11 Å². The van der Waals surface area contributed by atoms with Crippen LogP contribution in [0.1, 0.15) is 26.2 Å². The van der Waals surface area contributed by atoms with Gasteiger partial charge in [0.2, 0.25) is 0 Å². The van der Waals surface area contributed by atoms with Crippen molar-refractivity contribution >= 4 is 5.97 Å². The van der Waals surface area contributed by atoms with Crippen LogP contribution in [0.2, 0.25) is 0 Å². The fraction of sp³-hybridized carbons (Fsp3) is 0.556. The lowest BCUT2D eigenvalue weighted by molar-refractivity contribution is -0.132. The van der Waals surface area contributed by atoms with Crippen LogP contribution in [0, 0.1) is 11.3 Å². The summed E-state index contributed by atoms with van der Waals surface area (Å²) in [7, 11) is 1.38. The monoisotopic (exact) mass is 183 g/mol. The number of allylic oxidation sites excluding steroid dienone is 1. The Hall–Kier alpha value is -1.50. The van der Waals surface area contributed by atoms with Crippen molar-refractivity contribution in [1.82, 2.24) is 0 Å². The number of carboxylic acids is 1. The van der Waals surface area contributed by atoms with Crippen LogP contribution in [-0.2, 0) is 9.53 Å². The minimum Gasteiger partial charge on any atom is -0.499 e. The van der Waals surface area contributed by atoms with Crippen molar-refractivity contribution in [1.29, 1.82) is 5.26 Å². The van der Waals surface area contributed by atoms with E-state index in [1.54, 1.807) is 6.07 Å². The number of carboxylic acid groups (broad SMARTS) is 1. The van der Waals surface area contributed by atoms with Gasteiger partial charge in [0.1, 0.15) is 11.8 Å². The molecule has 0 aromatic carbocycles. The fourth-order valence-electron chi connectivity index (χ4n) is 0.896. The number of methoxy groups -OCH3 is 1. The summed E-state index contributed by atoms with van der Waals surface area (Å²) < 4.78 is 4.84. The molecule has 0 aliphatic heterocycles. The van der Waals surface area contributed by atoms with Crippen LogP contribution in [0.3, 0.4) is 0 Å². The van der Waals surface area contributed by atoms with Crippen LogP contribution in [0.25, 0.3) is 0 Å². The molecular formula is C9H13NO3. The van der Waals surface area contributed by atoms with Crippen LogP contribution in [-0.4, -0.2) is 18.2 Å². The molecule has 0 aliphatic rings. The van der Waals surface area contributed by atoms with E-state index >= 15 is 0 Å². The zero-order valence-corrected chi connectivity index (χ0v) is 7.83. The largest absolute Gasteiger partial charge is 0.499 e. The lowest BCUT2D eigenvalue weighted by Gasteiger charge is -2.05. The number of carbonyl (C=O) groups is 1. The Morgan fingerprint density at radius 2 is 2.23 bits per heavy atom. The maximum atomic E-state index is 10.5. The lowest BCUT2D eigenvalue weighted by Crippen LogP contribution is -2.04. The number of aliphatic carboxylic acids is 1. The van der Waals surface area contributed by atoms with Crippen LogP contribution in [0.5, 0.6) is 0 Å². The predicted octanol–water partition coefficient (Wildman–Crippen LogP) is 1.69. The standard InChI is InChI=1S/C9H13NO3/c1-3-4-5-8(13-2)7(6-10)9(11)12/h3-5H2,1-2H3,(H,11,12). The number of nitrogens with zero attached hydrogens (tertiary/aromatic N) is 1. The Morgan fingerprint density at radius 1 is 1.62 bits per heavy atom. The molecule has 0 spiro atoms. The van der Waals surface area contributed by atoms with Crippen molar-refractivity contribution in [2.24, 2.45) is 0 Å². The Kier molecular flexibility index (Phi) is 5.37. The van der Waals surface area contributed by atoms with Gasteiger partial charge in [-0.3, -0.25) is 0 Å². The molecule has 0 rings (SSSR count). The van der Waals surface area contributed by atoms with Crippen molar-refractivity contribution in [2.45, 2.75) is 26.2 Å². The normalized spacial score (nSPS) is 11.5. The van der Waals surface area contributed by atoms with E-state index < -0.39 is 5.97 Å². The van der Waals surface area contributed by atoms with Crippen molar-refractivity contribution in [3.8, 4) is 6.07 Å². The first-order chi connectivity index (χ1) is 6.17. The molecule has 1 N–H and O–H groups in total. The number of hydrogen-bond acceptors (Lipinski definition) is 3. The van der Waals surface area contributed by atoms with Gasteiger partial charge in [-0.15, -0.1) is 0 Å². The molecule has 0 aromatic heterocycles. The second kappa shape index (κ2) is 6.06. The van der Waals surface area contributed by atoms with Gasteiger partial charge in [-0.2, -0.15) is 5.26 Å². The fourth-order valence-corrected chi connectivity index (χ4v) is 0.896. The third kappa shape index (κ3) is 3.61. The van der Waals surface area contributed by atoms with Crippen molar-refractivity contribution in [2.75, 3.05) is 7.11 Å². The van der Waals surface area contributed by atoms with E-state index in [0.717, 1.165) is 12.8 Å². The first kappa shape index (κ1) is 11.5. The summed E-state index contributed by atoms with van der Waals surface area (Å²) in [5, 5.41) is 17.1. The number of unbranched alkanes of at least 4 members (excludes halogenated alkanes) is 1. The van der Waals surface area contributed by atoms with Crippen molar-refractivity contribution in [3.63, 3.8) is 0 Å². The quantitative estimate of drug-likeness (QED) is 0.400. The zero-order valence-electron chi connectivity index (χ0n) is 7.83. The Morgan fingerprint density at radius 3 is 2.54 bits per heavy atom. The Labute approximate surface area is 77.4 Å². The van der Waals surface area contributed by atoms with E-state index in [4.69, 9.17) is 15.1 Å². The van der Waals surface area contributed by atoms with E-state index in [0.29, 0.717) is 6.42 Å². The minimum atomic E-state index is -1.23. The molecule has 4 heteroatoms. The maximum absolute atomic E-state index is 10.5. The molecule has 0 heterocycles. The molecule has 0 aliphatic carbocycles. The maximum Gasteiger partial charge on any atom is 0.349 e. The third-order valence-corrected chi connectivity index (χ3v) is 1.61. The molecule has 0 amide bonds. The molecule has 4 nitrogen and oxygen atoms in total. The summed E-state index contributed by atoms with van der Waals surface area (Å²) in [5.41, 5.74) is -0.295. The van der Waals surface area contributed by atoms with Gasteiger partial charge in [-0.25, -0.2) is 4.79 Å². The summed E-state index contributed by atoms with van der Waals surface area (Å²) in [6.07, 6.45) is 2.26. The second-order valence-corrected chi connectivity index (χ2v) is 2.52. The highest BCUT2D eigenvalue weighted by Gasteiger charge is 2.13. The van der Waals surface area contributed by atoms with Gasteiger partial charge in [0.15, 0.2) is 5.57 Å². The summed E-state index contributed by atoms with van der Waals surface area (Å²) in [6.45, 7) is 1.99. The number of ether oxygens (including phenoxy) is 1. The van der Waals surface area contributed by atoms with Gasteiger partial charge in [-0.05, 0) is 6.42 Å². The van der Waals surface area contributed by atoms with Gasteiger partial charge in [-0.1, -0.05) is 13.3 Å². The minimum absolute atomic E-state index is 0.261. The van der Waals surface area contributed by atoms with E-state index in [-0.39, 0.29) is 11.3 Å². The molecule has 0 unspecified atom stereocenters. The predicted molar refractivity (Wildman–Crippen MR) is 46.8 cm³/mol. The zero-order chi connectivity index (χ0) is 10.3. The molecule has 13 heavy (non-hydrogen) atoms. The van der Waals surface area contributed by atoms with E-state index in [1.165, 1.54) is 7.11 Å². The van der Waals surface area contributed by atoms with Crippen LogP contribution < -0.4 is 0 Å². The van der Waals surface area contributed by atoms with Gasteiger partial charge in [0.25, 0.3) is 0 Å². The van der Waals surface area contributed by atoms with Crippen LogP contribution in [0.15, 0.2) is 11.3 Å². The SMILES string of the molecule is CCCCC(OC)=C(C#N)C(=O)O. The highest BCUT2D eigenvalue weighted by atomic mass is 16.5. The average Bonchev–Trinajstić information content (AvgIpc) is 2.11. The van der Waals surface area contributed by atoms with Crippen LogP contribution >= 0.6 is 0 Å². The first-order valence-corrected chi connectivity index (χ1v) is 4.07. The van der Waals surface area contributed by atoms with Gasteiger partial charge >= 0.3 is 5.97 Å². The summed E-state index contributed by atoms with van der Waals surface area (Å²) in [6, 6.07) is 1.62. The number of hydrogen-bond donors (Lipinski definition) is 1. The molecule has 0 aromatic rings. The van der Waals surface area contributed by atoms with Crippen LogP contribution in [0.4, 0.5) is 0 Å². The average molecular weight is 183 g/mol. The Bertz CT molecular complexity index is 250. The smallest absolute Gasteiger partial charge is 0.349 e.